The number of benzene rings is 2. The van der Waals surface area contributed by atoms with Gasteiger partial charge in [0.1, 0.15) is 10.8 Å². The van der Waals surface area contributed by atoms with Gasteiger partial charge in [-0.2, -0.15) is 5.26 Å². The van der Waals surface area contributed by atoms with Crippen LogP contribution >= 0.6 is 23.7 Å². The van der Waals surface area contributed by atoms with E-state index in [4.69, 9.17) is 15.7 Å². The van der Waals surface area contributed by atoms with Crippen molar-refractivity contribution in [2.24, 2.45) is 5.73 Å². The summed E-state index contributed by atoms with van der Waals surface area (Å²) >= 11 is 1.59. The average molecular weight is 360 g/mol. The molecule has 0 aliphatic heterocycles. The smallest absolute Gasteiger partial charge is 0.120 e. The second-order valence-electron chi connectivity index (χ2n) is 5.24. The van der Waals surface area contributed by atoms with Crippen LogP contribution in [0, 0.1) is 11.3 Å². The molecule has 1 atom stereocenters. The Morgan fingerprint density at radius 2 is 2.12 bits per heavy atom. The zero-order valence-electron chi connectivity index (χ0n) is 13.2. The molecule has 0 spiro atoms. The maximum atomic E-state index is 8.97. The van der Waals surface area contributed by atoms with E-state index in [1.807, 2.05) is 43.3 Å². The highest BCUT2D eigenvalue weighted by Gasteiger charge is 2.13. The van der Waals surface area contributed by atoms with E-state index in [1.54, 1.807) is 17.4 Å². The van der Waals surface area contributed by atoms with Crippen molar-refractivity contribution in [2.45, 2.75) is 19.4 Å². The van der Waals surface area contributed by atoms with Gasteiger partial charge in [-0.1, -0.05) is 12.1 Å². The molecule has 0 fully saturated rings. The molecular formula is C18H18ClN3OS. The summed E-state index contributed by atoms with van der Waals surface area (Å²) < 4.78 is 6.60. The molecule has 0 amide bonds. The van der Waals surface area contributed by atoms with Crippen LogP contribution in [0.3, 0.4) is 0 Å². The van der Waals surface area contributed by atoms with E-state index in [1.165, 1.54) is 0 Å². The molecule has 24 heavy (non-hydrogen) atoms. The number of hydrogen-bond acceptors (Lipinski definition) is 5. The monoisotopic (exact) mass is 359 g/mol. The Kier molecular flexibility index (Phi) is 6.16. The second kappa shape index (κ2) is 8.11. The van der Waals surface area contributed by atoms with Crippen LogP contribution in [-0.4, -0.2) is 11.6 Å². The molecule has 2 N–H and O–H groups in total. The minimum Gasteiger partial charge on any atom is -0.494 e. The first-order valence-electron chi connectivity index (χ1n) is 7.47. The Balaban J connectivity index is 0.00000208. The summed E-state index contributed by atoms with van der Waals surface area (Å²) in [7, 11) is 0. The Bertz CT molecular complexity index is 872. The molecule has 3 aromatic rings. The van der Waals surface area contributed by atoms with Gasteiger partial charge in [0.2, 0.25) is 0 Å². The number of rotatable bonds is 5. The van der Waals surface area contributed by atoms with Gasteiger partial charge in [-0.3, -0.25) is 0 Å². The topological polar surface area (TPSA) is 71.9 Å². The van der Waals surface area contributed by atoms with E-state index in [2.05, 4.69) is 11.1 Å². The summed E-state index contributed by atoms with van der Waals surface area (Å²) in [5.74, 6) is 0.852. The molecule has 0 aliphatic carbocycles. The number of nitrogens with two attached hydrogens (primary N) is 1. The van der Waals surface area contributed by atoms with Crippen molar-refractivity contribution in [1.82, 2.24) is 4.98 Å². The van der Waals surface area contributed by atoms with Crippen LogP contribution in [0.1, 0.15) is 29.1 Å². The molecule has 6 heteroatoms. The number of aromatic nitrogens is 1. The van der Waals surface area contributed by atoms with Gasteiger partial charge in [-0.05, 0) is 49.2 Å². The zero-order valence-corrected chi connectivity index (χ0v) is 14.9. The first-order chi connectivity index (χ1) is 11.2. The number of fused-ring (bicyclic) bond motifs is 1. The van der Waals surface area contributed by atoms with Crippen LogP contribution in [0.25, 0.3) is 10.2 Å². The Morgan fingerprint density at radius 3 is 2.88 bits per heavy atom. The van der Waals surface area contributed by atoms with Crippen LogP contribution in [0.2, 0.25) is 0 Å². The molecule has 0 aliphatic rings. The van der Waals surface area contributed by atoms with Crippen LogP contribution in [0.5, 0.6) is 5.75 Å². The lowest BCUT2D eigenvalue weighted by molar-refractivity contribution is 0.341. The summed E-state index contributed by atoms with van der Waals surface area (Å²) in [6, 6.07) is 15.4. The summed E-state index contributed by atoms with van der Waals surface area (Å²) in [6.07, 6.45) is 0.660. The van der Waals surface area contributed by atoms with E-state index < -0.39 is 0 Å². The molecule has 0 bridgehead atoms. The van der Waals surface area contributed by atoms with Crippen molar-refractivity contribution >= 4 is 34.0 Å². The Hall–Kier alpha value is -2.13. The molecule has 3 rings (SSSR count). The van der Waals surface area contributed by atoms with E-state index in [-0.39, 0.29) is 18.4 Å². The number of ether oxygens (including phenoxy) is 1. The normalized spacial score (nSPS) is 11.5. The summed E-state index contributed by atoms with van der Waals surface area (Å²) in [5.41, 5.74) is 8.95. The predicted octanol–water partition coefficient (Wildman–Crippen LogP) is 4.23. The van der Waals surface area contributed by atoms with Gasteiger partial charge < -0.3 is 10.5 Å². The molecule has 2 aromatic carbocycles. The maximum Gasteiger partial charge on any atom is 0.120 e. The molecule has 124 valence electrons. The Morgan fingerprint density at radius 1 is 1.29 bits per heavy atom. The van der Waals surface area contributed by atoms with Crippen LogP contribution in [-0.2, 0) is 6.42 Å². The van der Waals surface area contributed by atoms with Crippen molar-refractivity contribution in [1.29, 1.82) is 5.26 Å². The molecule has 4 nitrogen and oxygen atoms in total. The van der Waals surface area contributed by atoms with Crippen molar-refractivity contribution < 1.29 is 4.74 Å². The first-order valence-corrected chi connectivity index (χ1v) is 8.29. The van der Waals surface area contributed by atoms with E-state index in [0.29, 0.717) is 18.6 Å². The fourth-order valence-corrected chi connectivity index (χ4v) is 3.44. The third kappa shape index (κ3) is 4.04. The van der Waals surface area contributed by atoms with Gasteiger partial charge in [-0.25, -0.2) is 4.98 Å². The fourth-order valence-electron chi connectivity index (χ4n) is 2.45. The lowest BCUT2D eigenvalue weighted by atomic mass is 10.0. The lowest BCUT2D eigenvalue weighted by Crippen LogP contribution is -2.13. The van der Waals surface area contributed by atoms with Crippen molar-refractivity contribution in [2.75, 3.05) is 6.61 Å². The van der Waals surface area contributed by atoms with Gasteiger partial charge >= 0.3 is 0 Å². The average Bonchev–Trinajstić information content (AvgIpc) is 2.99. The van der Waals surface area contributed by atoms with Crippen LogP contribution in [0.4, 0.5) is 0 Å². The number of halogens is 1. The predicted molar refractivity (Wildman–Crippen MR) is 99.8 cm³/mol. The SMILES string of the molecule is CCOc1ccc2nc(C(N)Cc3cccc(C#N)c3)sc2c1.Cl. The van der Waals surface area contributed by atoms with Crippen molar-refractivity contribution in [3.63, 3.8) is 0 Å². The summed E-state index contributed by atoms with van der Waals surface area (Å²) in [6.45, 7) is 2.61. The standard InChI is InChI=1S/C18H17N3OS.ClH/c1-2-22-14-6-7-16-17(10-14)23-18(21-16)15(20)9-12-4-3-5-13(8-12)11-19;/h3-8,10,15H,2,9,20H2,1H3;1H. The number of hydrogen-bond donors (Lipinski definition) is 1. The number of nitriles is 1. The second-order valence-corrected chi connectivity index (χ2v) is 6.30. The molecule has 0 saturated heterocycles. The minimum atomic E-state index is -0.183. The highest BCUT2D eigenvalue weighted by molar-refractivity contribution is 7.18. The molecule has 0 saturated carbocycles. The van der Waals surface area contributed by atoms with E-state index in [0.717, 1.165) is 26.5 Å². The molecule has 1 aromatic heterocycles. The highest BCUT2D eigenvalue weighted by atomic mass is 35.5. The third-order valence-electron chi connectivity index (χ3n) is 3.52. The van der Waals surface area contributed by atoms with E-state index in [9.17, 15) is 0 Å². The quantitative estimate of drug-likeness (QED) is 0.739. The first kappa shape index (κ1) is 18.2. The van der Waals surface area contributed by atoms with Gasteiger partial charge in [-0.15, -0.1) is 23.7 Å². The van der Waals surface area contributed by atoms with Gasteiger partial charge in [0.15, 0.2) is 0 Å². The molecule has 0 radical (unpaired) electrons. The molecule has 1 unspecified atom stereocenters. The highest BCUT2D eigenvalue weighted by Crippen LogP contribution is 2.30. The van der Waals surface area contributed by atoms with Crippen LogP contribution in [0.15, 0.2) is 42.5 Å². The minimum absolute atomic E-state index is 0. The van der Waals surface area contributed by atoms with Crippen molar-refractivity contribution in [3.05, 3.63) is 58.6 Å². The fraction of sp³-hybridized carbons (Fsp3) is 0.222. The lowest BCUT2D eigenvalue weighted by Gasteiger charge is -2.08. The summed E-state index contributed by atoms with van der Waals surface area (Å²) in [5, 5.41) is 9.87. The van der Waals surface area contributed by atoms with Crippen molar-refractivity contribution in [3.8, 4) is 11.8 Å². The molecular weight excluding hydrogens is 342 g/mol. The zero-order chi connectivity index (χ0) is 16.2. The third-order valence-corrected chi connectivity index (χ3v) is 4.67. The van der Waals surface area contributed by atoms with Gasteiger partial charge in [0, 0.05) is 0 Å². The number of nitrogens with zero attached hydrogens (tertiary/aromatic N) is 2. The van der Waals surface area contributed by atoms with Gasteiger partial charge in [0.25, 0.3) is 0 Å². The largest absolute Gasteiger partial charge is 0.494 e. The number of thiazole rings is 1. The Labute approximate surface area is 151 Å². The van der Waals surface area contributed by atoms with Crippen LogP contribution < -0.4 is 10.5 Å². The maximum absolute atomic E-state index is 8.97. The van der Waals surface area contributed by atoms with E-state index >= 15 is 0 Å². The molecule has 1 heterocycles. The summed E-state index contributed by atoms with van der Waals surface area (Å²) in [4.78, 5) is 4.63. The van der Waals surface area contributed by atoms with Gasteiger partial charge in [0.05, 0.1) is 34.5 Å².